The first kappa shape index (κ1) is 17.5. The monoisotopic (exact) mass is 351 g/mol. The van der Waals surface area contributed by atoms with Crippen LogP contribution in [-0.2, 0) is 6.18 Å². The van der Waals surface area contributed by atoms with Crippen molar-refractivity contribution in [3.63, 3.8) is 0 Å². The van der Waals surface area contributed by atoms with E-state index < -0.39 is 11.9 Å². The van der Waals surface area contributed by atoms with E-state index in [-0.39, 0.29) is 17.6 Å². The van der Waals surface area contributed by atoms with Gasteiger partial charge in [0.05, 0.1) is 6.61 Å². The molecular weight excluding hydrogens is 331 g/mol. The van der Waals surface area contributed by atoms with Gasteiger partial charge in [0.25, 0.3) is 0 Å². The maximum atomic E-state index is 13.2. The first-order chi connectivity index (χ1) is 12.0. The van der Waals surface area contributed by atoms with Crippen molar-refractivity contribution in [2.24, 2.45) is 0 Å². The second kappa shape index (κ2) is 7.29. The highest BCUT2D eigenvalue weighted by atomic mass is 19.4. The van der Waals surface area contributed by atoms with E-state index in [9.17, 15) is 13.2 Å². The molecule has 134 valence electrons. The number of hydrogen-bond acceptors (Lipinski definition) is 4. The molecular formula is C18H20F3N3O. The van der Waals surface area contributed by atoms with Gasteiger partial charge in [-0.3, -0.25) is 0 Å². The van der Waals surface area contributed by atoms with Crippen molar-refractivity contribution in [1.29, 1.82) is 0 Å². The standard InChI is InChI=1S/C18H20F3N3O/c1-2-25-14-9-7-13(8-10-14)22-16-11-15(18(19,20)21)23-17(24-16)12-5-3-4-6-12/h7-12H,2-6H2,1H3,(H,22,23,24). The highest BCUT2D eigenvalue weighted by Gasteiger charge is 2.34. The van der Waals surface area contributed by atoms with Gasteiger partial charge in [-0.1, -0.05) is 12.8 Å². The minimum absolute atomic E-state index is 0.00294. The van der Waals surface area contributed by atoms with Crippen molar-refractivity contribution < 1.29 is 17.9 Å². The van der Waals surface area contributed by atoms with E-state index in [1.165, 1.54) is 0 Å². The summed E-state index contributed by atoms with van der Waals surface area (Å²) < 4.78 is 44.9. The molecule has 4 nitrogen and oxygen atoms in total. The molecule has 7 heteroatoms. The molecule has 0 bridgehead atoms. The lowest BCUT2D eigenvalue weighted by molar-refractivity contribution is -0.141. The Morgan fingerprint density at radius 3 is 2.40 bits per heavy atom. The molecule has 1 aromatic heterocycles. The molecule has 0 amide bonds. The van der Waals surface area contributed by atoms with Gasteiger partial charge >= 0.3 is 6.18 Å². The molecule has 0 aliphatic heterocycles. The lowest BCUT2D eigenvalue weighted by Crippen LogP contribution is -2.13. The number of nitrogens with zero attached hydrogens (tertiary/aromatic N) is 2. The van der Waals surface area contributed by atoms with Gasteiger partial charge in [0.2, 0.25) is 0 Å². The van der Waals surface area contributed by atoms with Crippen LogP contribution in [0.25, 0.3) is 0 Å². The van der Waals surface area contributed by atoms with Gasteiger partial charge in [0.1, 0.15) is 23.1 Å². The summed E-state index contributed by atoms with van der Waals surface area (Å²) in [5.41, 5.74) is -0.259. The van der Waals surface area contributed by atoms with Crippen LogP contribution in [0.1, 0.15) is 50.0 Å². The maximum absolute atomic E-state index is 13.2. The zero-order valence-corrected chi connectivity index (χ0v) is 13.9. The Kier molecular flexibility index (Phi) is 5.11. The Morgan fingerprint density at radius 2 is 1.80 bits per heavy atom. The summed E-state index contributed by atoms with van der Waals surface area (Å²) in [6.07, 6.45) is -0.809. The summed E-state index contributed by atoms with van der Waals surface area (Å²) in [7, 11) is 0. The van der Waals surface area contributed by atoms with Crippen LogP contribution in [0.3, 0.4) is 0 Å². The van der Waals surface area contributed by atoms with Crippen molar-refractivity contribution in [2.75, 3.05) is 11.9 Å². The third-order valence-electron chi connectivity index (χ3n) is 4.19. The van der Waals surface area contributed by atoms with Crippen LogP contribution in [-0.4, -0.2) is 16.6 Å². The van der Waals surface area contributed by atoms with Crippen molar-refractivity contribution in [3.8, 4) is 5.75 Å². The first-order valence-corrected chi connectivity index (χ1v) is 8.42. The largest absolute Gasteiger partial charge is 0.494 e. The summed E-state index contributed by atoms with van der Waals surface area (Å²) in [6.45, 7) is 2.44. The van der Waals surface area contributed by atoms with Gasteiger partial charge in [-0.25, -0.2) is 9.97 Å². The fraction of sp³-hybridized carbons (Fsp3) is 0.444. The number of rotatable bonds is 5. The second-order valence-electron chi connectivity index (χ2n) is 6.06. The normalized spacial score (nSPS) is 15.4. The Hall–Kier alpha value is -2.31. The van der Waals surface area contributed by atoms with Crippen LogP contribution < -0.4 is 10.1 Å². The molecule has 25 heavy (non-hydrogen) atoms. The molecule has 1 aliphatic rings. The van der Waals surface area contributed by atoms with Gasteiger partial charge in [-0.2, -0.15) is 13.2 Å². The van der Waals surface area contributed by atoms with Crippen LogP contribution in [0, 0.1) is 0 Å². The van der Waals surface area contributed by atoms with E-state index in [1.54, 1.807) is 24.3 Å². The van der Waals surface area contributed by atoms with Crippen molar-refractivity contribution in [1.82, 2.24) is 9.97 Å². The summed E-state index contributed by atoms with van der Waals surface area (Å²) >= 11 is 0. The third kappa shape index (κ3) is 4.41. The lowest BCUT2D eigenvalue weighted by Gasteiger charge is -2.15. The Morgan fingerprint density at radius 1 is 1.12 bits per heavy atom. The van der Waals surface area contributed by atoms with E-state index in [1.807, 2.05) is 6.92 Å². The number of anilines is 2. The Bertz CT molecular complexity index is 710. The highest BCUT2D eigenvalue weighted by molar-refractivity contribution is 5.57. The number of alkyl halides is 3. The summed E-state index contributed by atoms with van der Waals surface area (Å²) in [4.78, 5) is 8.10. The number of halogens is 3. The molecule has 1 aliphatic carbocycles. The molecule has 3 rings (SSSR count). The zero-order valence-electron chi connectivity index (χ0n) is 13.9. The smallest absolute Gasteiger partial charge is 0.433 e. The van der Waals surface area contributed by atoms with Crippen LogP contribution in [0.5, 0.6) is 5.75 Å². The van der Waals surface area contributed by atoms with Gasteiger partial charge in [-0.05, 0) is 44.0 Å². The molecule has 2 aromatic rings. The van der Waals surface area contributed by atoms with E-state index in [4.69, 9.17) is 4.74 Å². The van der Waals surface area contributed by atoms with Crippen molar-refractivity contribution in [2.45, 2.75) is 44.7 Å². The highest BCUT2D eigenvalue weighted by Crippen LogP contribution is 2.36. The lowest BCUT2D eigenvalue weighted by atomic mass is 10.1. The molecule has 0 spiro atoms. The number of hydrogen-bond donors (Lipinski definition) is 1. The first-order valence-electron chi connectivity index (χ1n) is 8.42. The molecule has 1 saturated carbocycles. The van der Waals surface area contributed by atoms with Crippen LogP contribution in [0.4, 0.5) is 24.7 Å². The SMILES string of the molecule is CCOc1ccc(Nc2cc(C(F)(F)F)nc(C3CCCC3)n2)cc1. The number of ether oxygens (including phenoxy) is 1. The number of nitrogens with one attached hydrogen (secondary N) is 1. The minimum atomic E-state index is -4.49. The van der Waals surface area contributed by atoms with Gasteiger partial charge in [-0.15, -0.1) is 0 Å². The predicted molar refractivity (Wildman–Crippen MR) is 89.1 cm³/mol. The van der Waals surface area contributed by atoms with E-state index in [2.05, 4.69) is 15.3 Å². The van der Waals surface area contributed by atoms with E-state index in [0.717, 1.165) is 31.7 Å². The minimum Gasteiger partial charge on any atom is -0.494 e. The van der Waals surface area contributed by atoms with E-state index >= 15 is 0 Å². The van der Waals surface area contributed by atoms with Gasteiger partial charge in [0.15, 0.2) is 0 Å². The van der Waals surface area contributed by atoms with Crippen molar-refractivity contribution in [3.05, 3.63) is 41.9 Å². The third-order valence-corrected chi connectivity index (χ3v) is 4.19. The number of aromatic nitrogens is 2. The molecule has 1 N–H and O–H groups in total. The van der Waals surface area contributed by atoms with E-state index in [0.29, 0.717) is 18.0 Å². The predicted octanol–water partition coefficient (Wildman–Crippen LogP) is 5.30. The summed E-state index contributed by atoms with van der Waals surface area (Å²) in [5.74, 6) is 1.15. The quantitative estimate of drug-likeness (QED) is 0.794. The molecule has 0 radical (unpaired) electrons. The zero-order chi connectivity index (χ0) is 17.9. The van der Waals surface area contributed by atoms with Crippen molar-refractivity contribution >= 4 is 11.5 Å². The topological polar surface area (TPSA) is 47.0 Å². The van der Waals surface area contributed by atoms with Gasteiger partial charge in [0, 0.05) is 17.7 Å². The molecule has 0 unspecified atom stereocenters. The molecule has 0 saturated heterocycles. The molecule has 0 atom stereocenters. The van der Waals surface area contributed by atoms with Crippen LogP contribution >= 0.6 is 0 Å². The molecule has 1 aromatic carbocycles. The van der Waals surface area contributed by atoms with Crippen LogP contribution in [0.2, 0.25) is 0 Å². The number of benzene rings is 1. The Labute approximate surface area is 144 Å². The fourth-order valence-corrected chi connectivity index (χ4v) is 2.99. The second-order valence-corrected chi connectivity index (χ2v) is 6.06. The average Bonchev–Trinajstić information content (AvgIpc) is 3.10. The summed E-state index contributed by atoms with van der Waals surface area (Å²) in [6, 6.07) is 7.96. The fourth-order valence-electron chi connectivity index (χ4n) is 2.99. The molecule has 1 heterocycles. The van der Waals surface area contributed by atoms with Gasteiger partial charge < -0.3 is 10.1 Å². The maximum Gasteiger partial charge on any atom is 0.433 e. The molecule has 1 fully saturated rings. The summed E-state index contributed by atoms with van der Waals surface area (Å²) in [5, 5.41) is 2.94. The average molecular weight is 351 g/mol. The van der Waals surface area contributed by atoms with Crippen LogP contribution in [0.15, 0.2) is 30.3 Å². The Balaban J connectivity index is 1.87.